The lowest BCUT2D eigenvalue weighted by atomic mass is 9.76. The van der Waals surface area contributed by atoms with E-state index in [1.54, 1.807) is 0 Å². The maximum absolute atomic E-state index is 12.7. The Kier molecular flexibility index (Phi) is 5.28. The smallest absolute Gasteiger partial charge is 0.308 e. The Morgan fingerprint density at radius 2 is 1.57 bits per heavy atom. The van der Waals surface area contributed by atoms with Crippen LogP contribution in [-0.2, 0) is 9.59 Å². The first-order valence-electron chi connectivity index (χ1n) is 8.43. The van der Waals surface area contributed by atoms with Crippen LogP contribution in [0.4, 0.5) is 0 Å². The zero-order chi connectivity index (χ0) is 15.6. The number of likely N-dealkylation sites (tertiary alicyclic amines) is 1. The lowest BCUT2D eigenvalue weighted by Crippen LogP contribution is -2.50. The van der Waals surface area contributed by atoms with Crippen molar-refractivity contribution in [3.8, 4) is 0 Å². The summed E-state index contributed by atoms with van der Waals surface area (Å²) in [5.74, 6) is 0.636. The molecule has 0 spiro atoms. The Morgan fingerprint density at radius 1 is 1.00 bits per heavy atom. The maximum Gasteiger partial charge on any atom is 0.308 e. The normalized spacial score (nSPS) is 34.0. The van der Waals surface area contributed by atoms with Crippen LogP contribution in [0.15, 0.2) is 0 Å². The van der Waals surface area contributed by atoms with E-state index >= 15 is 0 Å². The van der Waals surface area contributed by atoms with Crippen molar-refractivity contribution in [3.05, 3.63) is 0 Å². The SMILES string of the molecule is CC(C)C1CCC(C(=O)N2CC(C(=O)O)CCC2C)CC1. The molecule has 0 bridgehead atoms. The number of carbonyl (C=O) groups excluding carboxylic acids is 1. The Bertz CT molecular complexity index is 385. The molecule has 1 aliphatic heterocycles. The molecule has 2 fully saturated rings. The fourth-order valence-corrected chi connectivity index (χ4v) is 3.88. The molecule has 2 aliphatic rings. The van der Waals surface area contributed by atoms with Crippen molar-refractivity contribution in [2.45, 2.75) is 65.3 Å². The molecule has 0 aromatic carbocycles. The Morgan fingerprint density at radius 3 is 2.10 bits per heavy atom. The van der Waals surface area contributed by atoms with Crippen LogP contribution < -0.4 is 0 Å². The van der Waals surface area contributed by atoms with Gasteiger partial charge in [0.05, 0.1) is 5.92 Å². The van der Waals surface area contributed by atoms with E-state index in [0.717, 1.165) is 38.0 Å². The van der Waals surface area contributed by atoms with Crippen molar-refractivity contribution in [2.75, 3.05) is 6.54 Å². The summed E-state index contributed by atoms with van der Waals surface area (Å²) in [6, 6.07) is 0.191. The molecule has 0 aromatic heterocycles. The van der Waals surface area contributed by atoms with Gasteiger partial charge in [-0.05, 0) is 57.3 Å². The highest BCUT2D eigenvalue weighted by atomic mass is 16.4. The lowest BCUT2D eigenvalue weighted by molar-refractivity contribution is -0.149. The van der Waals surface area contributed by atoms with Gasteiger partial charge in [0.25, 0.3) is 0 Å². The molecule has 1 heterocycles. The predicted octanol–water partition coefficient (Wildman–Crippen LogP) is 3.16. The zero-order valence-corrected chi connectivity index (χ0v) is 13.5. The second kappa shape index (κ2) is 6.80. The van der Waals surface area contributed by atoms with Gasteiger partial charge < -0.3 is 10.0 Å². The Hall–Kier alpha value is -1.06. The van der Waals surface area contributed by atoms with Gasteiger partial charge in [0.1, 0.15) is 0 Å². The van der Waals surface area contributed by atoms with Crippen molar-refractivity contribution in [2.24, 2.45) is 23.7 Å². The van der Waals surface area contributed by atoms with Gasteiger partial charge in [-0.1, -0.05) is 13.8 Å². The number of hydrogen-bond acceptors (Lipinski definition) is 2. The van der Waals surface area contributed by atoms with Gasteiger partial charge in [0.15, 0.2) is 0 Å². The lowest BCUT2D eigenvalue weighted by Gasteiger charge is -2.40. The first-order chi connectivity index (χ1) is 9.90. The Balaban J connectivity index is 1.94. The van der Waals surface area contributed by atoms with Crippen LogP contribution in [0.1, 0.15) is 59.3 Å². The van der Waals surface area contributed by atoms with Gasteiger partial charge in [-0.15, -0.1) is 0 Å². The summed E-state index contributed by atoms with van der Waals surface area (Å²) in [6.45, 7) is 6.98. The standard InChI is InChI=1S/C17H29NO3/c1-11(2)13-6-8-14(9-7-13)16(19)18-10-15(17(20)21)5-4-12(18)3/h11-15H,4-10H2,1-3H3,(H,20,21). The first kappa shape index (κ1) is 16.3. The number of carbonyl (C=O) groups is 2. The van der Waals surface area contributed by atoms with Gasteiger partial charge in [-0.2, -0.15) is 0 Å². The highest BCUT2D eigenvalue weighted by Gasteiger charge is 2.36. The summed E-state index contributed by atoms with van der Waals surface area (Å²) >= 11 is 0. The third-order valence-corrected chi connectivity index (χ3v) is 5.58. The monoisotopic (exact) mass is 295 g/mol. The maximum atomic E-state index is 12.7. The van der Waals surface area contributed by atoms with Crippen LogP contribution in [0.5, 0.6) is 0 Å². The average Bonchev–Trinajstić information content (AvgIpc) is 2.47. The predicted molar refractivity (Wildman–Crippen MR) is 81.8 cm³/mol. The number of piperidine rings is 1. The molecule has 4 heteroatoms. The number of hydrogen-bond donors (Lipinski definition) is 1. The molecule has 0 aromatic rings. The van der Waals surface area contributed by atoms with Crippen molar-refractivity contribution < 1.29 is 14.7 Å². The van der Waals surface area contributed by atoms with Gasteiger partial charge in [0, 0.05) is 18.5 Å². The van der Waals surface area contributed by atoms with Crippen LogP contribution in [0.2, 0.25) is 0 Å². The van der Waals surface area contributed by atoms with Crippen LogP contribution >= 0.6 is 0 Å². The molecule has 2 atom stereocenters. The van der Waals surface area contributed by atoms with Crippen LogP contribution in [0, 0.1) is 23.7 Å². The van der Waals surface area contributed by atoms with E-state index in [1.807, 2.05) is 4.90 Å². The first-order valence-corrected chi connectivity index (χ1v) is 8.43. The molecule has 0 radical (unpaired) electrons. The van der Waals surface area contributed by atoms with Gasteiger partial charge in [0.2, 0.25) is 5.91 Å². The summed E-state index contributed by atoms with van der Waals surface area (Å²) in [5, 5.41) is 9.19. The Labute approximate surface area is 127 Å². The molecule has 4 nitrogen and oxygen atoms in total. The van der Waals surface area contributed by atoms with E-state index in [2.05, 4.69) is 20.8 Å². The molecule has 21 heavy (non-hydrogen) atoms. The second-order valence-corrected chi connectivity index (χ2v) is 7.31. The quantitative estimate of drug-likeness (QED) is 0.870. The number of carboxylic acid groups (broad SMARTS) is 1. The van der Waals surface area contributed by atoms with Crippen molar-refractivity contribution in [3.63, 3.8) is 0 Å². The topological polar surface area (TPSA) is 57.6 Å². The van der Waals surface area contributed by atoms with Crippen molar-refractivity contribution in [1.29, 1.82) is 0 Å². The minimum atomic E-state index is -0.761. The highest BCUT2D eigenvalue weighted by Crippen LogP contribution is 2.35. The molecule has 1 saturated heterocycles. The number of aliphatic carboxylic acids is 1. The number of nitrogens with zero attached hydrogens (tertiary/aromatic N) is 1. The molecule has 2 rings (SSSR count). The number of amides is 1. The van der Waals surface area contributed by atoms with Gasteiger partial charge in [-0.25, -0.2) is 0 Å². The third kappa shape index (κ3) is 3.78. The fourth-order valence-electron chi connectivity index (χ4n) is 3.88. The molecular formula is C17H29NO3. The van der Waals surface area contributed by atoms with E-state index in [0.29, 0.717) is 18.9 Å². The second-order valence-electron chi connectivity index (χ2n) is 7.31. The molecule has 1 N–H and O–H groups in total. The molecule has 2 unspecified atom stereocenters. The van der Waals surface area contributed by atoms with Crippen molar-refractivity contribution >= 4 is 11.9 Å². The highest BCUT2D eigenvalue weighted by molar-refractivity contribution is 5.80. The molecular weight excluding hydrogens is 266 g/mol. The van der Waals surface area contributed by atoms with Gasteiger partial charge >= 0.3 is 5.97 Å². The molecule has 120 valence electrons. The molecule has 1 amide bonds. The van der Waals surface area contributed by atoms with E-state index in [9.17, 15) is 14.7 Å². The van der Waals surface area contributed by atoms with Crippen molar-refractivity contribution in [1.82, 2.24) is 4.90 Å². The average molecular weight is 295 g/mol. The third-order valence-electron chi connectivity index (χ3n) is 5.58. The summed E-state index contributed by atoms with van der Waals surface area (Å²) < 4.78 is 0. The number of rotatable bonds is 3. The summed E-state index contributed by atoms with van der Waals surface area (Å²) in [4.78, 5) is 25.8. The van der Waals surface area contributed by atoms with E-state index in [-0.39, 0.29) is 23.8 Å². The van der Waals surface area contributed by atoms with E-state index in [4.69, 9.17) is 0 Å². The summed E-state index contributed by atoms with van der Waals surface area (Å²) in [7, 11) is 0. The molecule has 1 aliphatic carbocycles. The van der Waals surface area contributed by atoms with E-state index < -0.39 is 5.97 Å². The minimum Gasteiger partial charge on any atom is -0.481 e. The summed E-state index contributed by atoms with van der Waals surface area (Å²) in [5.41, 5.74) is 0. The number of carboxylic acids is 1. The minimum absolute atomic E-state index is 0.120. The summed E-state index contributed by atoms with van der Waals surface area (Å²) in [6.07, 6.45) is 5.73. The van der Waals surface area contributed by atoms with Crippen LogP contribution in [0.3, 0.4) is 0 Å². The van der Waals surface area contributed by atoms with E-state index in [1.165, 1.54) is 0 Å². The largest absolute Gasteiger partial charge is 0.481 e. The zero-order valence-electron chi connectivity index (χ0n) is 13.5. The van der Waals surface area contributed by atoms with Crippen LogP contribution in [0.25, 0.3) is 0 Å². The fraction of sp³-hybridized carbons (Fsp3) is 0.882. The van der Waals surface area contributed by atoms with Crippen LogP contribution in [-0.4, -0.2) is 34.5 Å². The molecule has 1 saturated carbocycles. The van der Waals surface area contributed by atoms with Gasteiger partial charge in [-0.3, -0.25) is 9.59 Å².